The summed E-state index contributed by atoms with van der Waals surface area (Å²) in [5.74, 6) is 0.456. The molecular weight excluding hydrogens is 216 g/mol. The van der Waals surface area contributed by atoms with Crippen molar-refractivity contribution in [3.05, 3.63) is 0 Å². The molecule has 2 atom stereocenters. The van der Waals surface area contributed by atoms with Crippen LogP contribution in [-0.2, 0) is 9.53 Å². The number of aliphatic hydroxyl groups is 1. The van der Waals surface area contributed by atoms with E-state index in [9.17, 15) is 9.90 Å². The Labute approximate surface area is 104 Å². The smallest absolute Gasteiger partial charge is 0.309 e. The Hall–Kier alpha value is -0.570. The van der Waals surface area contributed by atoms with Gasteiger partial charge in [0.2, 0.25) is 0 Å². The van der Waals surface area contributed by atoms with E-state index in [1.165, 1.54) is 32.1 Å². The maximum atomic E-state index is 11.9. The summed E-state index contributed by atoms with van der Waals surface area (Å²) in [6.45, 7) is 0.603. The lowest BCUT2D eigenvalue weighted by Gasteiger charge is -2.26. The van der Waals surface area contributed by atoms with Crippen molar-refractivity contribution in [1.29, 1.82) is 0 Å². The number of carbonyl (C=O) groups excluding carboxylic acids is 1. The SMILES string of the molecule is O=C(OCC1CCCCC1)C1CCCC(O)C1. The molecule has 0 aromatic heterocycles. The van der Waals surface area contributed by atoms with Crippen LogP contribution >= 0.6 is 0 Å². The first-order valence-corrected chi connectivity index (χ1v) is 7.10. The average Bonchev–Trinajstić information content (AvgIpc) is 2.37. The number of carbonyl (C=O) groups is 1. The van der Waals surface area contributed by atoms with Gasteiger partial charge in [-0.05, 0) is 38.0 Å². The Bertz CT molecular complexity index is 246. The first-order valence-electron chi connectivity index (χ1n) is 7.10. The molecule has 3 heteroatoms. The van der Waals surface area contributed by atoms with Gasteiger partial charge in [0.1, 0.15) is 0 Å². The van der Waals surface area contributed by atoms with E-state index in [0.29, 0.717) is 18.9 Å². The highest BCUT2D eigenvalue weighted by Crippen LogP contribution is 2.27. The molecule has 0 amide bonds. The quantitative estimate of drug-likeness (QED) is 0.771. The molecule has 3 nitrogen and oxygen atoms in total. The molecule has 2 aliphatic carbocycles. The molecule has 17 heavy (non-hydrogen) atoms. The van der Waals surface area contributed by atoms with Gasteiger partial charge in [-0.15, -0.1) is 0 Å². The van der Waals surface area contributed by atoms with Crippen LogP contribution in [0.5, 0.6) is 0 Å². The van der Waals surface area contributed by atoms with Gasteiger partial charge in [0.05, 0.1) is 18.6 Å². The van der Waals surface area contributed by atoms with E-state index in [1.807, 2.05) is 0 Å². The van der Waals surface area contributed by atoms with Gasteiger partial charge >= 0.3 is 5.97 Å². The fourth-order valence-electron chi connectivity index (χ4n) is 3.05. The highest BCUT2D eigenvalue weighted by atomic mass is 16.5. The minimum Gasteiger partial charge on any atom is -0.465 e. The molecule has 2 saturated carbocycles. The molecule has 0 spiro atoms. The fourth-order valence-corrected chi connectivity index (χ4v) is 3.05. The highest BCUT2D eigenvalue weighted by molar-refractivity contribution is 5.72. The van der Waals surface area contributed by atoms with Crippen molar-refractivity contribution < 1.29 is 14.6 Å². The Balaban J connectivity index is 1.69. The molecule has 0 aliphatic heterocycles. The third kappa shape index (κ3) is 3.98. The highest BCUT2D eigenvalue weighted by Gasteiger charge is 2.27. The Kier molecular flexibility index (Phi) is 4.84. The van der Waals surface area contributed by atoms with E-state index in [2.05, 4.69) is 0 Å². The summed E-state index contributed by atoms with van der Waals surface area (Å²) in [5, 5.41) is 9.54. The summed E-state index contributed by atoms with van der Waals surface area (Å²) in [7, 11) is 0. The lowest BCUT2D eigenvalue weighted by atomic mass is 9.87. The summed E-state index contributed by atoms with van der Waals surface area (Å²) >= 11 is 0. The van der Waals surface area contributed by atoms with Gasteiger partial charge in [-0.25, -0.2) is 0 Å². The van der Waals surface area contributed by atoms with Crippen LogP contribution < -0.4 is 0 Å². The monoisotopic (exact) mass is 240 g/mol. The predicted octanol–water partition coefficient (Wildman–Crippen LogP) is 2.66. The van der Waals surface area contributed by atoms with E-state index in [-0.39, 0.29) is 18.0 Å². The van der Waals surface area contributed by atoms with E-state index in [4.69, 9.17) is 4.74 Å². The molecular formula is C14H24O3. The molecule has 1 N–H and O–H groups in total. The third-order valence-corrected chi connectivity index (χ3v) is 4.17. The van der Waals surface area contributed by atoms with Crippen LogP contribution in [0.3, 0.4) is 0 Å². The molecule has 2 aliphatic rings. The summed E-state index contributed by atoms with van der Waals surface area (Å²) in [6, 6.07) is 0. The number of rotatable bonds is 3. The van der Waals surface area contributed by atoms with Crippen molar-refractivity contribution in [3.63, 3.8) is 0 Å². The minimum absolute atomic E-state index is 0.0534. The van der Waals surface area contributed by atoms with Gasteiger partial charge in [0, 0.05) is 0 Å². The van der Waals surface area contributed by atoms with Gasteiger partial charge in [-0.2, -0.15) is 0 Å². The first-order chi connectivity index (χ1) is 8.25. The Morgan fingerprint density at radius 3 is 2.53 bits per heavy atom. The Morgan fingerprint density at radius 2 is 1.82 bits per heavy atom. The van der Waals surface area contributed by atoms with Crippen LogP contribution in [-0.4, -0.2) is 23.8 Å². The second-order valence-corrected chi connectivity index (χ2v) is 5.65. The normalized spacial score (nSPS) is 31.1. The zero-order valence-electron chi connectivity index (χ0n) is 10.6. The van der Waals surface area contributed by atoms with Crippen molar-refractivity contribution >= 4 is 5.97 Å². The summed E-state index contributed by atoms with van der Waals surface area (Å²) in [6.07, 6.45) is 9.30. The second-order valence-electron chi connectivity index (χ2n) is 5.65. The van der Waals surface area contributed by atoms with E-state index >= 15 is 0 Å². The van der Waals surface area contributed by atoms with Gasteiger partial charge in [0.25, 0.3) is 0 Å². The summed E-state index contributed by atoms with van der Waals surface area (Å²) in [5.41, 5.74) is 0. The lowest BCUT2D eigenvalue weighted by molar-refractivity contribution is -0.152. The summed E-state index contributed by atoms with van der Waals surface area (Å²) in [4.78, 5) is 11.9. The molecule has 0 heterocycles. The standard InChI is InChI=1S/C14H24O3/c15-13-8-4-7-12(9-13)14(16)17-10-11-5-2-1-3-6-11/h11-13,15H,1-10H2. The van der Waals surface area contributed by atoms with Crippen molar-refractivity contribution in [2.45, 2.75) is 63.9 Å². The number of ether oxygens (including phenoxy) is 1. The van der Waals surface area contributed by atoms with Gasteiger partial charge in [-0.3, -0.25) is 4.79 Å². The number of hydrogen-bond donors (Lipinski definition) is 1. The second kappa shape index (κ2) is 6.39. The van der Waals surface area contributed by atoms with Gasteiger partial charge in [0.15, 0.2) is 0 Å². The largest absolute Gasteiger partial charge is 0.465 e. The average molecular weight is 240 g/mol. The van der Waals surface area contributed by atoms with E-state index < -0.39 is 0 Å². The van der Waals surface area contributed by atoms with Crippen molar-refractivity contribution in [1.82, 2.24) is 0 Å². The summed E-state index contributed by atoms with van der Waals surface area (Å²) < 4.78 is 5.42. The zero-order valence-corrected chi connectivity index (χ0v) is 10.6. The molecule has 0 aromatic carbocycles. The molecule has 0 radical (unpaired) electrons. The molecule has 2 rings (SSSR count). The minimum atomic E-state index is -0.295. The molecule has 0 bridgehead atoms. The van der Waals surface area contributed by atoms with Crippen LogP contribution in [0.2, 0.25) is 0 Å². The lowest BCUT2D eigenvalue weighted by Crippen LogP contribution is -2.28. The number of aliphatic hydroxyl groups excluding tert-OH is 1. The zero-order chi connectivity index (χ0) is 12.1. The van der Waals surface area contributed by atoms with Crippen molar-refractivity contribution in [2.24, 2.45) is 11.8 Å². The third-order valence-electron chi connectivity index (χ3n) is 4.17. The van der Waals surface area contributed by atoms with Crippen molar-refractivity contribution in [2.75, 3.05) is 6.61 Å². The van der Waals surface area contributed by atoms with Gasteiger partial charge < -0.3 is 9.84 Å². The van der Waals surface area contributed by atoms with Crippen LogP contribution in [0.15, 0.2) is 0 Å². The molecule has 0 aromatic rings. The van der Waals surface area contributed by atoms with Crippen LogP contribution in [0.1, 0.15) is 57.8 Å². The van der Waals surface area contributed by atoms with Crippen molar-refractivity contribution in [3.8, 4) is 0 Å². The van der Waals surface area contributed by atoms with Crippen LogP contribution in [0.4, 0.5) is 0 Å². The Morgan fingerprint density at radius 1 is 1.06 bits per heavy atom. The van der Waals surface area contributed by atoms with Gasteiger partial charge in [-0.1, -0.05) is 25.7 Å². The number of hydrogen-bond acceptors (Lipinski definition) is 3. The molecule has 98 valence electrons. The van der Waals surface area contributed by atoms with Crippen LogP contribution in [0.25, 0.3) is 0 Å². The van der Waals surface area contributed by atoms with E-state index in [1.54, 1.807) is 0 Å². The van der Waals surface area contributed by atoms with Crippen LogP contribution in [0, 0.1) is 11.8 Å². The van der Waals surface area contributed by atoms with E-state index in [0.717, 1.165) is 19.3 Å². The predicted molar refractivity (Wildman–Crippen MR) is 65.5 cm³/mol. The maximum absolute atomic E-state index is 11.9. The maximum Gasteiger partial charge on any atom is 0.309 e. The topological polar surface area (TPSA) is 46.5 Å². The molecule has 0 saturated heterocycles. The molecule has 2 unspecified atom stereocenters. The first kappa shape index (κ1) is 12.9. The number of esters is 1. The molecule has 2 fully saturated rings. The fraction of sp³-hybridized carbons (Fsp3) is 0.929.